The number of ether oxygens (including phenoxy) is 1. The van der Waals surface area contributed by atoms with Crippen LogP contribution in [0.3, 0.4) is 0 Å². The predicted octanol–water partition coefficient (Wildman–Crippen LogP) is 2.29. The third-order valence-electron chi connectivity index (χ3n) is 0.591. The van der Waals surface area contributed by atoms with E-state index < -0.39 is 0 Å². The molecular weight excluding hydrogens is 180 g/mol. The Balaban J connectivity index is 2.29. The van der Waals surface area contributed by atoms with Gasteiger partial charge in [0.15, 0.2) is 0 Å². The van der Waals surface area contributed by atoms with Crippen molar-refractivity contribution >= 4 is 50.8 Å². The molecule has 8 heavy (non-hydrogen) atoms. The van der Waals surface area contributed by atoms with E-state index in [1.807, 2.05) is 6.92 Å². The molecule has 1 saturated heterocycles. The zero-order valence-electron chi connectivity index (χ0n) is 4.08. The Hall–Kier alpha value is 0.940. The van der Waals surface area contributed by atoms with Crippen LogP contribution in [0, 0.1) is 0 Å². The normalized spacial score (nSPS) is 22.2. The highest BCUT2D eigenvalue weighted by molar-refractivity contribution is 8.93. The number of thiol groups is 1. The van der Waals surface area contributed by atoms with Gasteiger partial charge in [-0.05, 0) is 40.7 Å². The fourth-order valence-electron chi connectivity index (χ4n) is 0.251. The van der Waals surface area contributed by atoms with Gasteiger partial charge in [-0.25, -0.2) is 0 Å². The molecule has 0 aromatic heterocycles. The summed E-state index contributed by atoms with van der Waals surface area (Å²) in [7, 11) is 3.31. The molecule has 0 radical (unpaired) electrons. The number of rotatable bonds is 1. The average molecular weight is 184 g/mol. The van der Waals surface area contributed by atoms with Crippen LogP contribution in [0.2, 0.25) is 0 Å². The Morgan fingerprint density at radius 3 is 2.38 bits per heavy atom. The van der Waals surface area contributed by atoms with Crippen LogP contribution >= 0.6 is 46.4 Å². The summed E-state index contributed by atoms with van der Waals surface area (Å²) in [6.45, 7) is 1.96. The van der Waals surface area contributed by atoms with Crippen molar-refractivity contribution in [1.82, 2.24) is 0 Å². The third kappa shape index (κ3) is 2.05. The maximum atomic E-state index is 5.07. The van der Waals surface area contributed by atoms with Gasteiger partial charge >= 0.3 is 0 Å². The van der Waals surface area contributed by atoms with Crippen LogP contribution in [0.4, 0.5) is 0 Å². The number of hydrogen-bond acceptors (Lipinski definition) is 4. The van der Waals surface area contributed by atoms with Crippen LogP contribution in [0.15, 0.2) is 0 Å². The SMILES string of the molecule is CC1(OC(=S)S)SS1. The molecule has 0 N–H and O–H groups in total. The summed E-state index contributed by atoms with van der Waals surface area (Å²) >= 11 is 8.41. The smallest absolute Gasteiger partial charge is 0.219 e. The van der Waals surface area contributed by atoms with Crippen molar-refractivity contribution < 1.29 is 4.74 Å². The summed E-state index contributed by atoms with van der Waals surface area (Å²) in [5, 5.41) is 0. The first-order valence-electron chi connectivity index (χ1n) is 1.91. The minimum atomic E-state index is -0.112. The van der Waals surface area contributed by atoms with Crippen LogP contribution in [-0.4, -0.2) is 8.65 Å². The molecule has 0 unspecified atom stereocenters. The highest BCUT2D eigenvalue weighted by Gasteiger charge is 2.44. The van der Waals surface area contributed by atoms with Gasteiger partial charge in [-0.2, -0.15) is 0 Å². The molecule has 0 amide bonds. The predicted molar refractivity (Wildman–Crippen MR) is 46.3 cm³/mol. The topological polar surface area (TPSA) is 9.23 Å². The molecule has 46 valence electrons. The third-order valence-corrected chi connectivity index (χ3v) is 3.48. The lowest BCUT2D eigenvalue weighted by Crippen LogP contribution is -2.05. The van der Waals surface area contributed by atoms with E-state index in [0.717, 1.165) is 0 Å². The first-order chi connectivity index (χ1) is 3.62. The maximum Gasteiger partial charge on any atom is 0.219 e. The summed E-state index contributed by atoms with van der Waals surface area (Å²) in [6, 6.07) is 0. The van der Waals surface area contributed by atoms with Gasteiger partial charge < -0.3 is 4.74 Å². The van der Waals surface area contributed by atoms with E-state index in [1.165, 1.54) is 0 Å². The molecule has 1 rings (SSSR count). The summed E-state index contributed by atoms with van der Waals surface area (Å²) < 4.78 is 5.28. The van der Waals surface area contributed by atoms with Crippen molar-refractivity contribution in [3.8, 4) is 0 Å². The zero-order valence-corrected chi connectivity index (χ0v) is 7.42. The molecule has 0 aliphatic carbocycles. The minimum Gasteiger partial charge on any atom is -0.450 e. The largest absolute Gasteiger partial charge is 0.450 e. The molecule has 0 aromatic rings. The van der Waals surface area contributed by atoms with Gasteiger partial charge in [0.1, 0.15) is 0 Å². The van der Waals surface area contributed by atoms with Gasteiger partial charge in [-0.1, -0.05) is 12.6 Å². The van der Waals surface area contributed by atoms with Crippen molar-refractivity contribution in [3.63, 3.8) is 0 Å². The fourth-order valence-corrected chi connectivity index (χ4v) is 1.74. The van der Waals surface area contributed by atoms with Crippen molar-refractivity contribution in [2.75, 3.05) is 0 Å². The van der Waals surface area contributed by atoms with Crippen molar-refractivity contribution in [2.45, 2.75) is 11.2 Å². The first-order valence-corrected chi connectivity index (χ1v) is 4.92. The number of thiocarbonyl (C=S) groups is 1. The lowest BCUT2D eigenvalue weighted by Gasteiger charge is -2.03. The molecule has 0 bridgehead atoms. The van der Waals surface area contributed by atoms with Crippen molar-refractivity contribution in [3.05, 3.63) is 0 Å². The summed E-state index contributed by atoms with van der Waals surface area (Å²) in [6.07, 6.45) is 0. The van der Waals surface area contributed by atoms with E-state index in [9.17, 15) is 0 Å². The fraction of sp³-hybridized carbons (Fsp3) is 0.667. The van der Waals surface area contributed by atoms with E-state index in [2.05, 4.69) is 24.8 Å². The molecule has 0 atom stereocenters. The van der Waals surface area contributed by atoms with Crippen LogP contribution in [0.1, 0.15) is 6.92 Å². The molecule has 0 spiro atoms. The van der Waals surface area contributed by atoms with Crippen LogP contribution in [0.5, 0.6) is 0 Å². The highest BCUT2D eigenvalue weighted by Crippen LogP contribution is 2.65. The summed E-state index contributed by atoms with van der Waals surface area (Å²) in [5.74, 6) is 0. The average Bonchev–Trinajstić information content (AvgIpc) is 2.17. The molecule has 1 aliphatic rings. The monoisotopic (exact) mass is 184 g/mol. The van der Waals surface area contributed by atoms with Gasteiger partial charge in [-0.15, -0.1) is 0 Å². The van der Waals surface area contributed by atoms with Gasteiger partial charge in [0.2, 0.25) is 8.65 Å². The van der Waals surface area contributed by atoms with E-state index in [1.54, 1.807) is 21.6 Å². The second-order valence-electron chi connectivity index (χ2n) is 1.40. The van der Waals surface area contributed by atoms with E-state index in [0.29, 0.717) is 4.38 Å². The molecular formula is C3H4OS4. The zero-order chi connectivity index (χ0) is 6.20. The molecule has 1 fully saturated rings. The van der Waals surface area contributed by atoms with Gasteiger partial charge in [0.25, 0.3) is 0 Å². The van der Waals surface area contributed by atoms with E-state index in [-0.39, 0.29) is 4.27 Å². The molecule has 0 aromatic carbocycles. The Bertz CT molecular complexity index is 118. The minimum absolute atomic E-state index is 0.112. The first kappa shape index (κ1) is 7.05. The van der Waals surface area contributed by atoms with Crippen molar-refractivity contribution in [1.29, 1.82) is 0 Å². The van der Waals surface area contributed by atoms with Gasteiger partial charge in [0.05, 0.1) is 0 Å². The van der Waals surface area contributed by atoms with Gasteiger partial charge in [0, 0.05) is 0 Å². The molecule has 0 saturated carbocycles. The van der Waals surface area contributed by atoms with Gasteiger partial charge in [-0.3, -0.25) is 0 Å². The number of hydrogen-bond donors (Lipinski definition) is 1. The van der Waals surface area contributed by atoms with Crippen molar-refractivity contribution in [2.24, 2.45) is 0 Å². The van der Waals surface area contributed by atoms with E-state index in [4.69, 9.17) is 4.74 Å². The Kier molecular flexibility index (Phi) is 2.01. The second-order valence-corrected chi connectivity index (χ2v) is 5.63. The Morgan fingerprint density at radius 2 is 2.25 bits per heavy atom. The highest BCUT2D eigenvalue weighted by atomic mass is 33.2. The second kappa shape index (κ2) is 2.28. The summed E-state index contributed by atoms with van der Waals surface area (Å²) in [5.41, 5.74) is 0. The molecule has 1 aliphatic heterocycles. The van der Waals surface area contributed by atoms with Crippen LogP contribution in [-0.2, 0) is 4.74 Å². The standard InChI is InChI=1S/C3H4OS4/c1-3(7-8-3)4-2(5)6/h1H3,(H,5,6). The molecule has 5 heteroatoms. The summed E-state index contributed by atoms with van der Waals surface area (Å²) in [4.78, 5) is 0. The Labute approximate surface area is 66.7 Å². The van der Waals surface area contributed by atoms with Crippen LogP contribution in [0.25, 0.3) is 0 Å². The maximum absolute atomic E-state index is 5.07. The molecule has 1 heterocycles. The quantitative estimate of drug-likeness (QED) is 0.290. The van der Waals surface area contributed by atoms with Crippen LogP contribution < -0.4 is 0 Å². The lowest BCUT2D eigenvalue weighted by atomic mass is 10.8. The lowest BCUT2D eigenvalue weighted by molar-refractivity contribution is 0.292. The molecule has 1 nitrogen and oxygen atoms in total. The van der Waals surface area contributed by atoms with E-state index >= 15 is 0 Å². The Morgan fingerprint density at radius 1 is 1.75 bits per heavy atom.